The van der Waals surface area contributed by atoms with Gasteiger partial charge in [-0.2, -0.15) is 0 Å². The van der Waals surface area contributed by atoms with E-state index in [1.807, 2.05) is 0 Å². The van der Waals surface area contributed by atoms with Gasteiger partial charge in [-0.1, -0.05) is 0 Å². The first-order chi connectivity index (χ1) is 1.50. The van der Waals surface area contributed by atoms with E-state index in [-0.39, 0.29) is 51.4 Å². The van der Waals surface area contributed by atoms with E-state index in [0.717, 1.165) is 0 Å². The van der Waals surface area contributed by atoms with Crippen molar-refractivity contribution in [3.05, 3.63) is 0 Å². The first-order valence-corrected chi connectivity index (χ1v) is 1.21. The fraction of sp³-hybridized carbons (Fsp3) is 1.00. The van der Waals surface area contributed by atoms with E-state index in [1.54, 1.807) is 0 Å². The Bertz CT molecular complexity index is 10.8. The molecule has 0 radical (unpaired) electrons. The van der Waals surface area contributed by atoms with Gasteiger partial charge in [-0.05, 0) is 0 Å². The van der Waals surface area contributed by atoms with Crippen molar-refractivity contribution in [2.75, 3.05) is 13.1 Å². The first kappa shape index (κ1) is 5.60. The van der Waals surface area contributed by atoms with Gasteiger partial charge in [0.25, 0.3) is 0 Å². The van der Waals surface area contributed by atoms with Gasteiger partial charge in [-0.15, -0.1) is 0 Å². The van der Waals surface area contributed by atoms with E-state index in [0.29, 0.717) is 0 Å². The molecule has 0 amide bonds. The van der Waals surface area contributed by atoms with Crippen molar-refractivity contribution in [2.24, 2.45) is 0 Å². The molecule has 0 aliphatic carbocycles. The van der Waals surface area contributed by atoms with E-state index in [2.05, 4.69) is 5.32 Å². The van der Waals surface area contributed by atoms with Gasteiger partial charge >= 0.3 is 51.4 Å². The molecule has 0 aromatic rings. The van der Waals surface area contributed by atoms with Gasteiger partial charge in [0.05, 0.1) is 0 Å². The second kappa shape index (κ2) is 2.81. The van der Waals surface area contributed by atoms with Crippen molar-refractivity contribution in [3.63, 3.8) is 0 Å². The monoisotopic (exact) mass is 83.0 g/mol. The van der Waals surface area contributed by atoms with Crippen LogP contribution in [0.15, 0.2) is 0 Å². The van der Waals surface area contributed by atoms with Crippen LogP contribution in [0, 0.1) is 0 Å². The zero-order valence-corrected chi connectivity index (χ0v) is 1.91. The van der Waals surface area contributed by atoms with Gasteiger partial charge in [0.1, 0.15) is 0 Å². The van der Waals surface area contributed by atoms with E-state index in [9.17, 15) is 0 Å². The van der Waals surface area contributed by atoms with E-state index in [1.165, 1.54) is 13.1 Å². The Labute approximate surface area is 68.6 Å². The molecule has 0 spiro atoms. The third kappa shape index (κ3) is 3.60. The summed E-state index contributed by atoms with van der Waals surface area (Å²) in [6, 6.07) is 0. The maximum atomic E-state index is 3.00. The Morgan fingerprint density at radius 2 is 1.50 bits per heavy atom. The molecule has 0 saturated carbocycles. The summed E-state index contributed by atoms with van der Waals surface area (Å²) in [6.07, 6.45) is 0. The van der Waals surface area contributed by atoms with Gasteiger partial charge in [0, 0.05) is 13.1 Å². The second-order valence-corrected chi connectivity index (χ2v) is 0.750. The second-order valence-electron chi connectivity index (χ2n) is 0.750. The number of rotatable bonds is 0. The van der Waals surface area contributed by atoms with Crippen molar-refractivity contribution in [2.45, 2.75) is 0 Å². The van der Waals surface area contributed by atoms with Crippen LogP contribution in [0.5, 0.6) is 0 Å². The van der Waals surface area contributed by atoms with Gasteiger partial charge < -0.3 is 5.32 Å². The molecule has 1 fully saturated rings. The molecule has 1 N–H and O–H groups in total. The molecule has 1 nitrogen and oxygen atoms in total. The van der Waals surface area contributed by atoms with Crippen LogP contribution < -0.4 is 5.32 Å². The Kier molecular flexibility index (Phi) is 3.94. The van der Waals surface area contributed by atoms with Gasteiger partial charge in [-0.3, -0.25) is 0 Å². The summed E-state index contributed by atoms with van der Waals surface area (Å²) >= 11 is 0. The van der Waals surface area contributed by atoms with Gasteiger partial charge in [0.15, 0.2) is 0 Å². The average molecular weight is 83.2 g/mol. The van der Waals surface area contributed by atoms with Crippen LogP contribution in [-0.2, 0) is 0 Å². The van der Waals surface area contributed by atoms with E-state index < -0.39 is 0 Å². The summed E-state index contributed by atoms with van der Waals surface area (Å²) in [6.45, 7) is 2.50. The van der Waals surface area contributed by atoms with Crippen LogP contribution >= 0.6 is 0 Å². The standard InChI is InChI=1S/C2H5N.K.H/c1-2-3-1;;/h3H,1-2H2;;. The molecule has 0 unspecified atom stereocenters. The van der Waals surface area contributed by atoms with Crippen LogP contribution in [0.4, 0.5) is 0 Å². The molecular formula is C2H6KN. The third-order valence-corrected chi connectivity index (χ3v) is 0.250. The molecule has 4 heavy (non-hydrogen) atoms. The number of hydrogen-bond donors (Lipinski definition) is 1. The van der Waals surface area contributed by atoms with E-state index >= 15 is 0 Å². The molecular weight excluding hydrogens is 77.1 g/mol. The van der Waals surface area contributed by atoms with Crippen LogP contribution in [0.2, 0.25) is 0 Å². The number of hydrogen-bond acceptors (Lipinski definition) is 1. The Balaban J connectivity index is 0.0000000900. The fourth-order valence-corrected chi connectivity index (χ4v) is 0. The molecule has 0 atom stereocenters. The average Bonchev–Trinajstić information content (AvgIpc) is 1.46. The molecule has 0 aromatic carbocycles. The zero-order chi connectivity index (χ0) is 2.12. The van der Waals surface area contributed by atoms with Crippen molar-refractivity contribution in [1.82, 2.24) is 5.32 Å². The summed E-state index contributed by atoms with van der Waals surface area (Å²) in [5, 5.41) is 3.00. The minimum absolute atomic E-state index is 0. The molecule has 1 aliphatic rings. The van der Waals surface area contributed by atoms with Crippen molar-refractivity contribution >= 4 is 51.4 Å². The molecule has 1 rings (SSSR count). The molecule has 1 heterocycles. The quantitative estimate of drug-likeness (QED) is 0.293. The normalized spacial score (nSPS) is 18.0. The van der Waals surface area contributed by atoms with Crippen molar-refractivity contribution in [1.29, 1.82) is 0 Å². The first-order valence-electron chi connectivity index (χ1n) is 1.21. The Morgan fingerprint density at radius 1 is 1.25 bits per heavy atom. The Morgan fingerprint density at radius 3 is 1.50 bits per heavy atom. The Hall–Kier alpha value is 1.60. The van der Waals surface area contributed by atoms with Gasteiger partial charge in [-0.25, -0.2) is 0 Å². The van der Waals surface area contributed by atoms with Gasteiger partial charge in [0.2, 0.25) is 0 Å². The third-order valence-electron chi connectivity index (χ3n) is 0.250. The summed E-state index contributed by atoms with van der Waals surface area (Å²) in [4.78, 5) is 0. The van der Waals surface area contributed by atoms with Crippen LogP contribution in [0.3, 0.4) is 0 Å². The van der Waals surface area contributed by atoms with Crippen molar-refractivity contribution in [3.8, 4) is 0 Å². The van der Waals surface area contributed by atoms with Crippen LogP contribution in [-0.4, -0.2) is 64.5 Å². The van der Waals surface area contributed by atoms with Crippen molar-refractivity contribution < 1.29 is 0 Å². The molecule has 2 heteroatoms. The summed E-state index contributed by atoms with van der Waals surface area (Å²) in [5.41, 5.74) is 0. The predicted molar refractivity (Wildman–Crippen MR) is 20.0 cm³/mol. The minimum atomic E-state index is 0. The molecule has 0 bridgehead atoms. The molecule has 0 aromatic heterocycles. The van der Waals surface area contributed by atoms with E-state index in [4.69, 9.17) is 0 Å². The van der Waals surface area contributed by atoms with Crippen LogP contribution in [0.1, 0.15) is 0 Å². The molecule has 1 aliphatic heterocycles. The predicted octanol–water partition coefficient (Wildman–Crippen LogP) is -1.06. The molecule has 20 valence electrons. The SMILES string of the molecule is C1CN1.[KH]. The summed E-state index contributed by atoms with van der Waals surface area (Å²) in [5.74, 6) is 0. The number of nitrogens with one attached hydrogen (secondary N) is 1. The van der Waals surface area contributed by atoms with Crippen LogP contribution in [0.25, 0.3) is 0 Å². The molecule has 1 saturated heterocycles. The maximum absolute atomic E-state index is 3.00. The summed E-state index contributed by atoms with van der Waals surface area (Å²) < 4.78 is 0. The zero-order valence-electron chi connectivity index (χ0n) is 1.91. The topological polar surface area (TPSA) is 21.9 Å². The fourth-order valence-electron chi connectivity index (χ4n) is 0. The summed E-state index contributed by atoms with van der Waals surface area (Å²) in [7, 11) is 0.